The van der Waals surface area contributed by atoms with E-state index in [1.165, 1.54) is 18.4 Å². The third-order valence-electron chi connectivity index (χ3n) is 5.55. The Morgan fingerprint density at radius 1 is 1.00 bits per heavy atom. The van der Waals surface area contributed by atoms with Crippen molar-refractivity contribution in [3.8, 4) is 22.5 Å². The smallest absolute Gasteiger partial charge is 0.226 e. The molecule has 2 aliphatic rings. The number of pyridine rings is 1. The Morgan fingerprint density at radius 2 is 1.79 bits per heavy atom. The third-order valence-corrected chi connectivity index (χ3v) is 5.55. The Labute approximate surface area is 165 Å². The van der Waals surface area contributed by atoms with Crippen LogP contribution in [0.15, 0.2) is 54.9 Å². The van der Waals surface area contributed by atoms with Crippen molar-refractivity contribution in [2.45, 2.75) is 31.7 Å². The van der Waals surface area contributed by atoms with Crippen LogP contribution in [-0.4, -0.2) is 40.8 Å². The molecule has 1 aliphatic heterocycles. The highest BCUT2D eigenvalue weighted by atomic mass is 16.5. The molecule has 0 spiro atoms. The lowest BCUT2D eigenvalue weighted by Gasteiger charge is -2.33. The van der Waals surface area contributed by atoms with Crippen LogP contribution in [-0.2, 0) is 4.74 Å². The molecule has 5 heteroatoms. The molecule has 3 heterocycles. The van der Waals surface area contributed by atoms with Gasteiger partial charge in [-0.2, -0.15) is 0 Å². The van der Waals surface area contributed by atoms with Crippen LogP contribution in [0, 0.1) is 0 Å². The van der Waals surface area contributed by atoms with Gasteiger partial charge in [-0.1, -0.05) is 24.3 Å². The van der Waals surface area contributed by atoms with E-state index in [0.29, 0.717) is 13.2 Å². The molecule has 0 radical (unpaired) electrons. The predicted molar refractivity (Wildman–Crippen MR) is 110 cm³/mol. The third kappa shape index (κ3) is 3.50. The number of hydrogen-bond acceptors (Lipinski definition) is 5. The van der Waals surface area contributed by atoms with E-state index >= 15 is 0 Å². The second-order valence-electron chi connectivity index (χ2n) is 7.69. The summed E-state index contributed by atoms with van der Waals surface area (Å²) < 4.78 is 5.60. The van der Waals surface area contributed by atoms with E-state index in [9.17, 15) is 0 Å². The zero-order valence-corrected chi connectivity index (χ0v) is 16.1. The van der Waals surface area contributed by atoms with Gasteiger partial charge in [0.2, 0.25) is 5.95 Å². The Morgan fingerprint density at radius 3 is 2.46 bits per heavy atom. The number of hydrogen-bond donors (Lipinski definition) is 0. The van der Waals surface area contributed by atoms with Gasteiger partial charge >= 0.3 is 0 Å². The number of aromatic nitrogens is 3. The molecule has 5 nitrogen and oxygen atoms in total. The fourth-order valence-electron chi connectivity index (χ4n) is 3.74. The molecular formula is C23H24N4O. The van der Waals surface area contributed by atoms with Crippen LogP contribution in [0.25, 0.3) is 22.5 Å². The summed E-state index contributed by atoms with van der Waals surface area (Å²) in [7, 11) is 0. The van der Waals surface area contributed by atoms with Crippen molar-refractivity contribution >= 4 is 5.95 Å². The van der Waals surface area contributed by atoms with E-state index in [1.807, 2.05) is 18.3 Å². The lowest BCUT2D eigenvalue weighted by Crippen LogP contribution is -2.44. The average Bonchev–Trinajstić information content (AvgIpc) is 3.60. The van der Waals surface area contributed by atoms with Gasteiger partial charge in [-0.3, -0.25) is 4.98 Å². The summed E-state index contributed by atoms with van der Waals surface area (Å²) in [5, 5.41) is 0. The van der Waals surface area contributed by atoms with Gasteiger partial charge in [-0.05, 0) is 49.4 Å². The standard InChI is InChI=1S/C23H24N4O/c1-16-15-28-12-11-27(16)23-25-21(13-22(26-23)20-3-2-10-24-14-20)19-8-6-18(7-9-19)17-4-5-17/h2-3,6-10,13-14,16-17H,4-5,11-12,15H2,1H3. The van der Waals surface area contributed by atoms with Crippen molar-refractivity contribution in [3.63, 3.8) is 0 Å². The molecule has 3 aromatic rings. The molecule has 0 N–H and O–H groups in total. The minimum absolute atomic E-state index is 0.253. The highest BCUT2D eigenvalue weighted by molar-refractivity contribution is 5.69. The van der Waals surface area contributed by atoms with Gasteiger partial charge in [0.05, 0.1) is 30.6 Å². The number of rotatable bonds is 4. The minimum atomic E-state index is 0.253. The first kappa shape index (κ1) is 17.3. The lowest BCUT2D eigenvalue weighted by molar-refractivity contribution is 0.0981. The Balaban J connectivity index is 1.57. The molecule has 28 heavy (non-hydrogen) atoms. The summed E-state index contributed by atoms with van der Waals surface area (Å²) in [6.07, 6.45) is 6.27. The summed E-state index contributed by atoms with van der Waals surface area (Å²) in [6, 6.07) is 15.2. The SMILES string of the molecule is CC1COCCN1c1nc(-c2ccc(C3CC3)cc2)cc(-c2cccnc2)n1. The summed E-state index contributed by atoms with van der Waals surface area (Å²) in [5.41, 5.74) is 5.41. The van der Waals surface area contributed by atoms with Crippen molar-refractivity contribution in [2.75, 3.05) is 24.7 Å². The van der Waals surface area contributed by atoms with Gasteiger partial charge in [0, 0.05) is 30.1 Å². The van der Waals surface area contributed by atoms with Crippen LogP contribution < -0.4 is 4.90 Å². The molecule has 1 atom stereocenters. The number of morpholine rings is 1. The van der Waals surface area contributed by atoms with Gasteiger partial charge in [0.15, 0.2) is 0 Å². The lowest BCUT2D eigenvalue weighted by atomic mass is 10.0. The fourth-order valence-corrected chi connectivity index (χ4v) is 3.74. The first-order valence-corrected chi connectivity index (χ1v) is 10.0. The highest BCUT2D eigenvalue weighted by Gasteiger charge is 2.24. The monoisotopic (exact) mass is 372 g/mol. The van der Waals surface area contributed by atoms with E-state index in [-0.39, 0.29) is 6.04 Å². The van der Waals surface area contributed by atoms with Crippen molar-refractivity contribution < 1.29 is 4.74 Å². The molecule has 142 valence electrons. The first-order chi connectivity index (χ1) is 13.8. The van der Waals surface area contributed by atoms with Gasteiger partial charge < -0.3 is 9.64 Å². The molecule has 5 rings (SSSR count). The van der Waals surface area contributed by atoms with Gasteiger partial charge in [-0.15, -0.1) is 0 Å². The van der Waals surface area contributed by atoms with E-state index in [2.05, 4.69) is 47.1 Å². The summed E-state index contributed by atoms with van der Waals surface area (Å²) >= 11 is 0. The molecule has 1 saturated carbocycles. The molecule has 1 saturated heterocycles. The zero-order valence-electron chi connectivity index (χ0n) is 16.1. The van der Waals surface area contributed by atoms with Crippen LogP contribution in [0.2, 0.25) is 0 Å². The summed E-state index contributed by atoms with van der Waals surface area (Å²) in [6.45, 7) is 4.36. The summed E-state index contributed by atoms with van der Waals surface area (Å²) in [4.78, 5) is 16.3. The topological polar surface area (TPSA) is 51.1 Å². The molecule has 2 fully saturated rings. The van der Waals surface area contributed by atoms with E-state index in [4.69, 9.17) is 14.7 Å². The quantitative estimate of drug-likeness (QED) is 0.683. The molecular weight excluding hydrogens is 348 g/mol. The Hall–Kier alpha value is -2.79. The normalized spacial score (nSPS) is 19.6. The molecule has 0 bridgehead atoms. The van der Waals surface area contributed by atoms with Crippen LogP contribution in [0.3, 0.4) is 0 Å². The summed E-state index contributed by atoms with van der Waals surface area (Å²) in [5.74, 6) is 1.52. The molecule has 2 aromatic heterocycles. The number of nitrogens with zero attached hydrogens (tertiary/aromatic N) is 4. The minimum Gasteiger partial charge on any atom is -0.377 e. The van der Waals surface area contributed by atoms with Crippen molar-refractivity contribution in [2.24, 2.45) is 0 Å². The van der Waals surface area contributed by atoms with Crippen LogP contribution >= 0.6 is 0 Å². The van der Waals surface area contributed by atoms with Gasteiger partial charge in [0.1, 0.15) is 0 Å². The Bertz CT molecular complexity index is 954. The van der Waals surface area contributed by atoms with E-state index in [1.54, 1.807) is 6.20 Å². The van der Waals surface area contributed by atoms with E-state index in [0.717, 1.165) is 40.9 Å². The highest BCUT2D eigenvalue weighted by Crippen LogP contribution is 2.40. The fraction of sp³-hybridized carbons (Fsp3) is 0.348. The second-order valence-corrected chi connectivity index (χ2v) is 7.69. The maximum absolute atomic E-state index is 5.60. The van der Waals surface area contributed by atoms with Gasteiger partial charge in [-0.25, -0.2) is 9.97 Å². The zero-order chi connectivity index (χ0) is 18.9. The largest absolute Gasteiger partial charge is 0.377 e. The average molecular weight is 372 g/mol. The van der Waals surface area contributed by atoms with Crippen molar-refractivity contribution in [1.82, 2.24) is 15.0 Å². The van der Waals surface area contributed by atoms with Crippen molar-refractivity contribution in [3.05, 3.63) is 60.4 Å². The number of anilines is 1. The molecule has 1 unspecified atom stereocenters. The van der Waals surface area contributed by atoms with E-state index < -0.39 is 0 Å². The second kappa shape index (κ2) is 7.32. The predicted octanol–water partition coefficient (Wildman–Crippen LogP) is 4.31. The van der Waals surface area contributed by atoms with Crippen LogP contribution in [0.5, 0.6) is 0 Å². The molecule has 0 amide bonds. The first-order valence-electron chi connectivity index (χ1n) is 10.0. The van der Waals surface area contributed by atoms with Crippen LogP contribution in [0.4, 0.5) is 5.95 Å². The molecule has 1 aromatic carbocycles. The van der Waals surface area contributed by atoms with Crippen LogP contribution in [0.1, 0.15) is 31.2 Å². The number of ether oxygens (including phenoxy) is 1. The number of benzene rings is 1. The molecule has 1 aliphatic carbocycles. The Kier molecular flexibility index (Phi) is 4.53. The van der Waals surface area contributed by atoms with Gasteiger partial charge in [0.25, 0.3) is 0 Å². The maximum Gasteiger partial charge on any atom is 0.226 e. The van der Waals surface area contributed by atoms with Crippen molar-refractivity contribution in [1.29, 1.82) is 0 Å². The maximum atomic E-state index is 5.60.